The first-order valence-corrected chi connectivity index (χ1v) is 13.4. The van der Waals surface area contributed by atoms with Gasteiger partial charge >= 0.3 is 5.97 Å². The van der Waals surface area contributed by atoms with Crippen molar-refractivity contribution in [3.05, 3.63) is 135 Å². The number of carbonyl (C=O) groups is 3. The Morgan fingerprint density at radius 3 is 2.27 bits per heavy atom. The van der Waals surface area contributed by atoms with Crippen LogP contribution in [0.3, 0.4) is 0 Å². The molecule has 2 amide bonds. The summed E-state index contributed by atoms with van der Waals surface area (Å²) in [5.41, 5.74) is 5.78. The molecule has 0 aliphatic carbocycles. The van der Waals surface area contributed by atoms with Crippen LogP contribution in [0.2, 0.25) is 0 Å². The van der Waals surface area contributed by atoms with Crippen molar-refractivity contribution in [1.82, 2.24) is 5.43 Å². The van der Waals surface area contributed by atoms with Gasteiger partial charge in [0.05, 0.1) is 17.7 Å². The van der Waals surface area contributed by atoms with E-state index in [2.05, 4.69) is 15.8 Å². The van der Waals surface area contributed by atoms with Gasteiger partial charge in [-0.15, -0.1) is 0 Å². The van der Waals surface area contributed by atoms with Gasteiger partial charge in [0.1, 0.15) is 0 Å². The highest BCUT2D eigenvalue weighted by molar-refractivity contribution is 6.05. The lowest BCUT2D eigenvalue weighted by molar-refractivity contribution is -0.384. The van der Waals surface area contributed by atoms with Gasteiger partial charge in [-0.2, -0.15) is 5.10 Å². The van der Waals surface area contributed by atoms with Crippen molar-refractivity contribution in [3.8, 4) is 11.5 Å². The SMILES string of the molecule is CCOc1cc(C=NNC(=O)c2cccc(NC(=O)c3cccc(C)c3)c2)ccc1OC(=O)/C=C/c1ccc([N+](=O)[O-])cc1. The number of nitro benzene ring substituents is 1. The van der Waals surface area contributed by atoms with Crippen LogP contribution in [-0.2, 0) is 4.79 Å². The Labute approximate surface area is 253 Å². The Bertz CT molecular complexity index is 1750. The van der Waals surface area contributed by atoms with Crippen LogP contribution in [0.4, 0.5) is 11.4 Å². The summed E-state index contributed by atoms with van der Waals surface area (Å²) in [7, 11) is 0. The molecule has 0 atom stereocenters. The monoisotopic (exact) mass is 592 g/mol. The molecule has 4 rings (SSSR count). The van der Waals surface area contributed by atoms with E-state index in [0.717, 1.165) is 5.56 Å². The van der Waals surface area contributed by atoms with Crippen LogP contribution < -0.4 is 20.2 Å². The van der Waals surface area contributed by atoms with E-state index >= 15 is 0 Å². The lowest BCUT2D eigenvalue weighted by atomic mass is 10.1. The Balaban J connectivity index is 1.36. The number of nitrogens with one attached hydrogen (secondary N) is 2. The molecule has 0 heterocycles. The molecule has 4 aromatic carbocycles. The third kappa shape index (κ3) is 8.70. The molecule has 0 aliphatic heterocycles. The summed E-state index contributed by atoms with van der Waals surface area (Å²) in [6, 6.07) is 24.1. The molecule has 0 spiro atoms. The van der Waals surface area contributed by atoms with Gasteiger partial charge in [-0.3, -0.25) is 19.7 Å². The van der Waals surface area contributed by atoms with E-state index < -0.39 is 16.8 Å². The maximum atomic E-state index is 12.7. The van der Waals surface area contributed by atoms with Crippen molar-refractivity contribution in [2.45, 2.75) is 13.8 Å². The number of aryl methyl sites for hydroxylation is 1. The number of benzene rings is 4. The van der Waals surface area contributed by atoms with E-state index in [-0.39, 0.29) is 23.1 Å². The Kier molecular flexibility index (Phi) is 10.3. The van der Waals surface area contributed by atoms with E-state index in [4.69, 9.17) is 9.47 Å². The minimum Gasteiger partial charge on any atom is -0.490 e. The van der Waals surface area contributed by atoms with Gasteiger partial charge in [0.2, 0.25) is 0 Å². The first kappa shape index (κ1) is 30.8. The van der Waals surface area contributed by atoms with Crippen molar-refractivity contribution in [2.24, 2.45) is 5.10 Å². The van der Waals surface area contributed by atoms with Gasteiger partial charge in [-0.1, -0.05) is 23.8 Å². The number of esters is 1. The molecule has 0 bridgehead atoms. The number of amides is 2. The van der Waals surface area contributed by atoms with Gasteiger partial charge in [0, 0.05) is 35.0 Å². The van der Waals surface area contributed by atoms with Crippen molar-refractivity contribution in [3.63, 3.8) is 0 Å². The summed E-state index contributed by atoms with van der Waals surface area (Å²) in [6.07, 6.45) is 4.08. The number of ether oxygens (including phenoxy) is 2. The predicted molar refractivity (Wildman–Crippen MR) is 166 cm³/mol. The highest BCUT2D eigenvalue weighted by Crippen LogP contribution is 2.28. The minimum absolute atomic E-state index is 0.0527. The average molecular weight is 593 g/mol. The van der Waals surface area contributed by atoms with Crippen LogP contribution in [0.25, 0.3) is 6.08 Å². The molecule has 0 radical (unpaired) electrons. The van der Waals surface area contributed by atoms with Crippen molar-refractivity contribution in [1.29, 1.82) is 0 Å². The zero-order valence-electron chi connectivity index (χ0n) is 23.9. The first-order chi connectivity index (χ1) is 21.2. The van der Waals surface area contributed by atoms with Crippen LogP contribution in [-0.4, -0.2) is 35.5 Å². The van der Waals surface area contributed by atoms with Crippen LogP contribution in [0.5, 0.6) is 11.5 Å². The van der Waals surface area contributed by atoms with E-state index in [1.165, 1.54) is 48.7 Å². The van der Waals surface area contributed by atoms with Crippen molar-refractivity contribution < 1.29 is 28.8 Å². The highest BCUT2D eigenvalue weighted by Gasteiger charge is 2.11. The standard InChI is InChI=1S/C33H28N4O7/c1-3-43-30-19-24(12-16-29(30)44-31(38)17-13-23-10-14-28(15-11-23)37(41)42)21-34-36-33(40)26-8-5-9-27(20-26)35-32(39)25-7-4-6-22(2)18-25/h4-21H,3H2,1-2H3,(H,35,39)(H,36,40)/b17-13+,34-21?. The van der Waals surface area contributed by atoms with Gasteiger partial charge < -0.3 is 14.8 Å². The van der Waals surface area contributed by atoms with Crippen molar-refractivity contribution in [2.75, 3.05) is 11.9 Å². The second kappa shape index (κ2) is 14.7. The van der Waals surface area contributed by atoms with E-state index in [1.54, 1.807) is 61.5 Å². The average Bonchev–Trinajstić information content (AvgIpc) is 3.01. The van der Waals surface area contributed by atoms with Crippen molar-refractivity contribution >= 4 is 41.4 Å². The smallest absolute Gasteiger partial charge is 0.336 e. The third-order valence-electron chi connectivity index (χ3n) is 6.04. The molecular weight excluding hydrogens is 564 g/mol. The molecule has 44 heavy (non-hydrogen) atoms. The zero-order chi connectivity index (χ0) is 31.5. The molecule has 11 heteroatoms. The lowest BCUT2D eigenvalue weighted by Gasteiger charge is -2.10. The fourth-order valence-electron chi connectivity index (χ4n) is 3.93. The fourth-order valence-corrected chi connectivity index (χ4v) is 3.93. The number of carbonyl (C=O) groups excluding carboxylic acids is 3. The molecule has 0 saturated carbocycles. The number of non-ortho nitro benzene ring substituents is 1. The van der Waals surface area contributed by atoms with Crippen LogP contribution in [0.15, 0.2) is 102 Å². The zero-order valence-corrected chi connectivity index (χ0v) is 23.9. The molecular formula is C33H28N4O7. The fraction of sp³-hybridized carbons (Fsp3) is 0.0909. The second-order valence-electron chi connectivity index (χ2n) is 9.35. The number of hydrogen-bond donors (Lipinski definition) is 2. The lowest BCUT2D eigenvalue weighted by Crippen LogP contribution is -2.18. The number of hydrazone groups is 1. The Morgan fingerprint density at radius 1 is 0.864 bits per heavy atom. The van der Waals surface area contributed by atoms with Gasteiger partial charge in [0.15, 0.2) is 11.5 Å². The van der Waals surface area contributed by atoms with Crippen LogP contribution in [0.1, 0.15) is 44.3 Å². The van der Waals surface area contributed by atoms with Gasteiger partial charge in [-0.25, -0.2) is 10.2 Å². The summed E-state index contributed by atoms with van der Waals surface area (Å²) in [5, 5.41) is 17.6. The number of anilines is 1. The normalized spacial score (nSPS) is 10.9. The quantitative estimate of drug-likeness (QED) is 0.0547. The number of rotatable bonds is 11. The maximum absolute atomic E-state index is 12.7. The maximum Gasteiger partial charge on any atom is 0.336 e. The first-order valence-electron chi connectivity index (χ1n) is 13.4. The third-order valence-corrected chi connectivity index (χ3v) is 6.04. The summed E-state index contributed by atoms with van der Waals surface area (Å²) in [6.45, 7) is 3.98. The summed E-state index contributed by atoms with van der Waals surface area (Å²) in [4.78, 5) is 47.9. The summed E-state index contributed by atoms with van der Waals surface area (Å²) in [5.74, 6) is -0.976. The molecule has 0 aromatic heterocycles. The second-order valence-corrected chi connectivity index (χ2v) is 9.35. The van der Waals surface area contributed by atoms with E-state index in [0.29, 0.717) is 34.5 Å². The largest absolute Gasteiger partial charge is 0.490 e. The number of nitrogens with zero attached hydrogens (tertiary/aromatic N) is 2. The van der Waals surface area contributed by atoms with Crippen LogP contribution >= 0.6 is 0 Å². The molecule has 11 nitrogen and oxygen atoms in total. The molecule has 0 fully saturated rings. The Morgan fingerprint density at radius 2 is 1.57 bits per heavy atom. The van der Waals surface area contributed by atoms with Gasteiger partial charge in [0.25, 0.3) is 17.5 Å². The number of hydrogen-bond acceptors (Lipinski definition) is 8. The van der Waals surface area contributed by atoms with E-state index in [9.17, 15) is 24.5 Å². The topological polar surface area (TPSA) is 149 Å². The van der Waals surface area contributed by atoms with E-state index in [1.807, 2.05) is 13.0 Å². The molecule has 2 N–H and O–H groups in total. The molecule has 222 valence electrons. The molecule has 0 unspecified atom stereocenters. The summed E-state index contributed by atoms with van der Waals surface area (Å²) < 4.78 is 11.0. The molecule has 4 aromatic rings. The van der Waals surface area contributed by atoms with Crippen LogP contribution in [0, 0.1) is 17.0 Å². The summed E-state index contributed by atoms with van der Waals surface area (Å²) >= 11 is 0. The Hall–Kier alpha value is -6.10. The highest BCUT2D eigenvalue weighted by atomic mass is 16.6. The van der Waals surface area contributed by atoms with Gasteiger partial charge in [-0.05, 0) is 91.7 Å². The minimum atomic E-state index is -0.671. The predicted octanol–water partition coefficient (Wildman–Crippen LogP) is 5.94. The molecule has 0 saturated heterocycles. The number of nitro groups is 1. The molecule has 0 aliphatic rings.